The Morgan fingerprint density at radius 3 is 2.47 bits per heavy atom. The fraction of sp³-hybridized carbons (Fsp3) is 0.467. The third-order valence-electron chi connectivity index (χ3n) is 3.25. The molecular weight excluding hydrogens is 242 g/mol. The molecule has 0 heterocycles. The molecule has 0 bridgehead atoms. The van der Waals surface area contributed by atoms with Crippen molar-refractivity contribution in [1.82, 2.24) is 4.90 Å². The van der Waals surface area contributed by atoms with Gasteiger partial charge in [-0.1, -0.05) is 44.2 Å². The van der Waals surface area contributed by atoms with Crippen LogP contribution >= 0.6 is 0 Å². The predicted molar refractivity (Wildman–Crippen MR) is 74.0 cm³/mol. The normalized spacial score (nSPS) is 13.6. The summed E-state index contributed by atoms with van der Waals surface area (Å²) in [6.07, 6.45) is 1.82. The van der Waals surface area contributed by atoms with Gasteiger partial charge in [0.25, 0.3) is 0 Å². The molecule has 2 atom stereocenters. The highest BCUT2D eigenvalue weighted by Gasteiger charge is 2.26. The lowest BCUT2D eigenvalue weighted by molar-refractivity contribution is -0.146. The zero-order valence-corrected chi connectivity index (χ0v) is 11.5. The molecule has 2 unspecified atom stereocenters. The van der Waals surface area contributed by atoms with Crippen LogP contribution in [0.3, 0.4) is 0 Å². The van der Waals surface area contributed by atoms with Gasteiger partial charge in [-0.2, -0.15) is 0 Å². The Bertz CT molecular complexity index is 405. The van der Waals surface area contributed by atoms with Crippen molar-refractivity contribution in [1.29, 1.82) is 0 Å². The van der Waals surface area contributed by atoms with Gasteiger partial charge in [0.1, 0.15) is 6.04 Å². The number of benzene rings is 1. The van der Waals surface area contributed by atoms with Crippen LogP contribution in [0.4, 0.5) is 0 Å². The first-order valence-electron chi connectivity index (χ1n) is 6.59. The van der Waals surface area contributed by atoms with Gasteiger partial charge in [-0.05, 0) is 24.3 Å². The minimum atomic E-state index is -0.941. The van der Waals surface area contributed by atoms with E-state index in [2.05, 4.69) is 0 Å². The Labute approximate surface area is 114 Å². The van der Waals surface area contributed by atoms with E-state index in [1.54, 1.807) is 0 Å². The van der Waals surface area contributed by atoms with Crippen LogP contribution in [-0.4, -0.2) is 35.0 Å². The Kier molecular flexibility index (Phi) is 6.06. The number of amides is 1. The van der Waals surface area contributed by atoms with E-state index in [1.807, 2.05) is 44.2 Å². The molecule has 19 heavy (non-hydrogen) atoms. The lowest BCUT2D eigenvalue weighted by Gasteiger charge is -2.27. The van der Waals surface area contributed by atoms with Gasteiger partial charge in [0.15, 0.2) is 0 Å². The lowest BCUT2D eigenvalue weighted by atomic mass is 9.93. The first-order chi connectivity index (χ1) is 9.10. The van der Waals surface area contributed by atoms with Gasteiger partial charge in [0, 0.05) is 6.54 Å². The Balaban J connectivity index is 2.78. The average Bonchev–Trinajstić information content (AvgIpc) is 2.43. The van der Waals surface area contributed by atoms with Gasteiger partial charge >= 0.3 is 5.97 Å². The van der Waals surface area contributed by atoms with E-state index in [4.69, 9.17) is 0 Å². The van der Waals surface area contributed by atoms with E-state index in [0.717, 1.165) is 12.0 Å². The molecule has 0 aliphatic carbocycles. The number of carboxylic acid groups (broad SMARTS) is 1. The molecule has 1 aromatic rings. The van der Waals surface area contributed by atoms with Crippen LogP contribution in [0, 0.1) is 0 Å². The molecule has 104 valence electrons. The number of hydrogen-bond donors (Lipinski definition) is 1. The van der Waals surface area contributed by atoms with E-state index in [1.165, 1.54) is 4.90 Å². The zero-order valence-electron chi connectivity index (χ0n) is 11.5. The molecule has 4 nitrogen and oxygen atoms in total. The average molecular weight is 263 g/mol. The van der Waals surface area contributed by atoms with Gasteiger partial charge in [-0.15, -0.1) is 0 Å². The van der Waals surface area contributed by atoms with E-state index in [0.29, 0.717) is 19.4 Å². The van der Waals surface area contributed by atoms with E-state index in [-0.39, 0.29) is 5.92 Å². The molecule has 0 spiro atoms. The van der Waals surface area contributed by atoms with Crippen molar-refractivity contribution in [3.05, 3.63) is 35.9 Å². The van der Waals surface area contributed by atoms with Crippen LogP contribution in [0.5, 0.6) is 0 Å². The van der Waals surface area contributed by atoms with E-state index < -0.39 is 12.0 Å². The molecule has 1 rings (SSSR count). The minimum Gasteiger partial charge on any atom is -0.480 e. The molecule has 1 aromatic carbocycles. The second kappa shape index (κ2) is 7.56. The van der Waals surface area contributed by atoms with Crippen molar-refractivity contribution < 1.29 is 14.7 Å². The van der Waals surface area contributed by atoms with Crippen molar-refractivity contribution in [2.24, 2.45) is 0 Å². The van der Waals surface area contributed by atoms with Crippen molar-refractivity contribution in [3.63, 3.8) is 0 Å². The van der Waals surface area contributed by atoms with Crippen molar-refractivity contribution in [2.75, 3.05) is 6.54 Å². The molecular formula is C15H21NO3. The first kappa shape index (κ1) is 15.2. The van der Waals surface area contributed by atoms with Gasteiger partial charge in [-0.3, -0.25) is 4.79 Å². The minimum absolute atomic E-state index is 0.0987. The molecule has 0 aliphatic rings. The smallest absolute Gasteiger partial charge is 0.326 e. The number of hydrogen-bond acceptors (Lipinski definition) is 2. The highest BCUT2D eigenvalue weighted by molar-refractivity contribution is 5.76. The molecule has 0 fully saturated rings. The summed E-state index contributed by atoms with van der Waals surface area (Å²) in [6.45, 7) is 4.39. The van der Waals surface area contributed by atoms with Crippen LogP contribution < -0.4 is 0 Å². The number of carboxylic acids is 1. The molecule has 1 amide bonds. The summed E-state index contributed by atoms with van der Waals surface area (Å²) < 4.78 is 0. The van der Waals surface area contributed by atoms with Crippen LogP contribution in [0.1, 0.15) is 38.2 Å². The van der Waals surface area contributed by atoms with Crippen LogP contribution in [0.2, 0.25) is 0 Å². The second-order valence-electron chi connectivity index (χ2n) is 4.74. The second-order valence-corrected chi connectivity index (χ2v) is 4.74. The number of carbonyl (C=O) groups excluding carboxylic acids is 1. The van der Waals surface area contributed by atoms with Gasteiger partial charge in [0.2, 0.25) is 6.41 Å². The van der Waals surface area contributed by atoms with Gasteiger partial charge < -0.3 is 10.0 Å². The summed E-state index contributed by atoms with van der Waals surface area (Å²) >= 11 is 0. The quantitative estimate of drug-likeness (QED) is 0.733. The summed E-state index contributed by atoms with van der Waals surface area (Å²) in [4.78, 5) is 23.7. The Morgan fingerprint density at radius 1 is 1.37 bits per heavy atom. The SMILES string of the molecule is CCCN(C=O)C(CC(C)c1ccccc1)C(=O)O. The van der Waals surface area contributed by atoms with E-state index in [9.17, 15) is 14.7 Å². The van der Waals surface area contributed by atoms with Crippen molar-refractivity contribution in [3.8, 4) is 0 Å². The monoisotopic (exact) mass is 263 g/mol. The highest BCUT2D eigenvalue weighted by atomic mass is 16.4. The maximum absolute atomic E-state index is 11.3. The molecule has 4 heteroatoms. The topological polar surface area (TPSA) is 57.6 Å². The zero-order chi connectivity index (χ0) is 14.3. The van der Waals surface area contributed by atoms with Crippen LogP contribution in [0.25, 0.3) is 0 Å². The molecule has 0 saturated heterocycles. The maximum atomic E-state index is 11.3. The Hall–Kier alpha value is -1.84. The summed E-state index contributed by atoms with van der Waals surface area (Å²) in [5.74, 6) is -0.843. The Morgan fingerprint density at radius 2 is 2.00 bits per heavy atom. The number of aliphatic carboxylic acids is 1. The highest BCUT2D eigenvalue weighted by Crippen LogP contribution is 2.22. The molecule has 0 radical (unpaired) electrons. The van der Waals surface area contributed by atoms with Gasteiger partial charge in [0.05, 0.1) is 0 Å². The fourth-order valence-corrected chi connectivity index (χ4v) is 2.17. The largest absolute Gasteiger partial charge is 0.480 e. The predicted octanol–water partition coefficient (Wildman–Crippen LogP) is 2.50. The third-order valence-corrected chi connectivity index (χ3v) is 3.25. The summed E-state index contributed by atoms with van der Waals surface area (Å²) in [5, 5.41) is 9.30. The number of nitrogens with zero attached hydrogens (tertiary/aromatic N) is 1. The van der Waals surface area contributed by atoms with Crippen LogP contribution in [-0.2, 0) is 9.59 Å². The molecule has 1 N–H and O–H groups in total. The number of rotatable bonds is 8. The maximum Gasteiger partial charge on any atom is 0.326 e. The lowest BCUT2D eigenvalue weighted by Crippen LogP contribution is -2.41. The van der Waals surface area contributed by atoms with E-state index >= 15 is 0 Å². The van der Waals surface area contributed by atoms with Crippen LogP contribution in [0.15, 0.2) is 30.3 Å². The summed E-state index contributed by atoms with van der Waals surface area (Å²) in [6, 6.07) is 9.01. The van der Waals surface area contributed by atoms with Crippen molar-refractivity contribution >= 4 is 12.4 Å². The molecule has 0 aromatic heterocycles. The fourth-order valence-electron chi connectivity index (χ4n) is 2.17. The standard InChI is InChI=1S/C15H21NO3/c1-3-9-16(11-17)14(15(18)19)10-12(2)13-7-5-4-6-8-13/h4-8,11-12,14H,3,9-10H2,1-2H3,(H,18,19). The molecule has 0 saturated carbocycles. The number of carbonyl (C=O) groups is 2. The third kappa shape index (κ3) is 4.39. The summed E-state index contributed by atoms with van der Waals surface area (Å²) in [7, 11) is 0. The molecule has 0 aliphatic heterocycles. The van der Waals surface area contributed by atoms with Gasteiger partial charge in [-0.25, -0.2) is 4.79 Å². The first-order valence-corrected chi connectivity index (χ1v) is 6.59. The van der Waals surface area contributed by atoms with Crippen molar-refractivity contribution in [2.45, 2.75) is 38.6 Å². The summed E-state index contributed by atoms with van der Waals surface area (Å²) in [5.41, 5.74) is 1.09.